The molecule has 3 N–H and O–H groups in total. The number of carbonyl (C=O) groups excluding carboxylic acids is 2. The highest BCUT2D eigenvalue weighted by atomic mass is 35.5. The molecule has 0 atom stereocenters. The van der Waals surface area contributed by atoms with E-state index in [0.717, 1.165) is 17.0 Å². The van der Waals surface area contributed by atoms with Gasteiger partial charge < -0.3 is 20.7 Å². The number of nitrogens with one attached hydrogen (secondary N) is 1. The lowest BCUT2D eigenvalue weighted by atomic mass is 10.0. The van der Waals surface area contributed by atoms with Crippen LogP contribution in [0.3, 0.4) is 0 Å². The summed E-state index contributed by atoms with van der Waals surface area (Å²) in [5.41, 5.74) is 6.77. The van der Waals surface area contributed by atoms with Crippen LogP contribution < -0.4 is 15.8 Å². The molecule has 3 rings (SSSR count). The van der Waals surface area contributed by atoms with Gasteiger partial charge in [0, 0.05) is 18.0 Å². The zero-order valence-electron chi connectivity index (χ0n) is 14.1. The van der Waals surface area contributed by atoms with Crippen LogP contribution in [0.1, 0.15) is 20.8 Å². The minimum absolute atomic E-state index is 0. The summed E-state index contributed by atoms with van der Waals surface area (Å²) in [4.78, 5) is 27.1. The molecule has 6 nitrogen and oxygen atoms in total. The van der Waals surface area contributed by atoms with E-state index in [9.17, 15) is 14.0 Å². The van der Waals surface area contributed by atoms with Gasteiger partial charge in [-0.05, 0) is 31.2 Å². The van der Waals surface area contributed by atoms with Crippen molar-refractivity contribution in [2.75, 3.05) is 25.5 Å². The molecule has 1 aromatic heterocycles. The molecule has 0 saturated carbocycles. The van der Waals surface area contributed by atoms with E-state index in [-0.39, 0.29) is 24.8 Å². The molecule has 0 bridgehead atoms. The second kappa shape index (κ2) is 8.48. The molecule has 0 spiro atoms. The van der Waals surface area contributed by atoms with Gasteiger partial charge in [0.1, 0.15) is 5.00 Å². The highest BCUT2D eigenvalue weighted by molar-refractivity contribution is 7.17. The number of hydrogen-bond acceptors (Lipinski definition) is 5. The smallest absolute Gasteiger partial charge is 0.262 e. The third kappa shape index (κ3) is 4.32. The van der Waals surface area contributed by atoms with Crippen molar-refractivity contribution in [3.8, 4) is 5.75 Å². The molecule has 0 aliphatic carbocycles. The summed E-state index contributed by atoms with van der Waals surface area (Å²) in [7, 11) is 1.99. The van der Waals surface area contributed by atoms with Gasteiger partial charge in [0.05, 0.1) is 5.56 Å². The molecule has 1 aliphatic rings. The Morgan fingerprint density at radius 1 is 1.38 bits per heavy atom. The summed E-state index contributed by atoms with van der Waals surface area (Å²) in [5.74, 6) is -1.58. The standard InChI is InChI=1S/C17H18FN3O3S.ClH/c1-21-7-6-10-13(8-21)25-17(15(10)16(19)23)20-14(22)9-24-12-5-3-2-4-11(12)18;/h2-5H,6-9H2,1H3,(H2,19,23)(H,20,22);1H. The Hall–Kier alpha value is -2.16. The van der Waals surface area contributed by atoms with Gasteiger partial charge in [-0.2, -0.15) is 0 Å². The van der Waals surface area contributed by atoms with Crippen LogP contribution in [0.2, 0.25) is 0 Å². The average Bonchev–Trinajstić information content (AvgIpc) is 2.91. The van der Waals surface area contributed by atoms with E-state index in [1.165, 1.54) is 29.5 Å². The fourth-order valence-electron chi connectivity index (χ4n) is 2.75. The zero-order chi connectivity index (χ0) is 18.0. The Bertz CT molecular complexity index is 828. The number of rotatable bonds is 5. The van der Waals surface area contributed by atoms with Crippen molar-refractivity contribution in [3.05, 3.63) is 46.1 Å². The van der Waals surface area contributed by atoms with Gasteiger partial charge in [-0.25, -0.2) is 4.39 Å². The largest absolute Gasteiger partial charge is 0.481 e. The van der Waals surface area contributed by atoms with E-state index in [0.29, 0.717) is 23.5 Å². The SMILES string of the molecule is CN1CCc2c(sc(NC(=O)COc3ccccc3F)c2C(N)=O)C1.Cl. The van der Waals surface area contributed by atoms with Gasteiger partial charge in [0.25, 0.3) is 11.8 Å². The number of halogens is 2. The summed E-state index contributed by atoms with van der Waals surface area (Å²) in [6.07, 6.45) is 0.711. The summed E-state index contributed by atoms with van der Waals surface area (Å²) in [6, 6.07) is 5.85. The molecule has 0 radical (unpaired) electrons. The summed E-state index contributed by atoms with van der Waals surface area (Å²) in [6.45, 7) is 1.18. The van der Waals surface area contributed by atoms with Crippen molar-refractivity contribution in [1.29, 1.82) is 0 Å². The van der Waals surface area contributed by atoms with Crippen molar-refractivity contribution in [2.24, 2.45) is 5.73 Å². The molecular weight excluding hydrogens is 381 g/mol. The third-order valence-corrected chi connectivity index (χ3v) is 5.07. The molecule has 0 unspecified atom stereocenters. The van der Waals surface area contributed by atoms with E-state index in [2.05, 4.69) is 10.2 Å². The quantitative estimate of drug-likeness (QED) is 0.808. The molecular formula is C17H19ClFN3O3S. The summed E-state index contributed by atoms with van der Waals surface area (Å²) < 4.78 is 18.7. The number of carbonyl (C=O) groups is 2. The van der Waals surface area contributed by atoms with Crippen LogP contribution >= 0.6 is 23.7 Å². The van der Waals surface area contributed by atoms with E-state index in [1.807, 2.05) is 7.05 Å². The summed E-state index contributed by atoms with van der Waals surface area (Å²) in [5, 5.41) is 3.09. The van der Waals surface area contributed by atoms with Gasteiger partial charge in [0.2, 0.25) is 0 Å². The number of primary amides is 1. The van der Waals surface area contributed by atoms with Crippen molar-refractivity contribution in [3.63, 3.8) is 0 Å². The van der Waals surface area contributed by atoms with Crippen LogP contribution in [-0.4, -0.2) is 36.9 Å². The minimum Gasteiger partial charge on any atom is -0.481 e. The Kier molecular flexibility index (Phi) is 6.57. The molecule has 1 aliphatic heterocycles. The lowest BCUT2D eigenvalue weighted by Gasteiger charge is -2.22. The van der Waals surface area contributed by atoms with Gasteiger partial charge in [-0.15, -0.1) is 23.7 Å². The Morgan fingerprint density at radius 3 is 2.81 bits per heavy atom. The number of ether oxygens (including phenoxy) is 1. The van der Waals surface area contributed by atoms with Crippen LogP contribution in [0.5, 0.6) is 5.75 Å². The third-order valence-electron chi connectivity index (χ3n) is 3.94. The second-order valence-corrected chi connectivity index (χ2v) is 6.93. The van der Waals surface area contributed by atoms with Crippen molar-refractivity contribution in [1.82, 2.24) is 4.90 Å². The Labute approximate surface area is 160 Å². The lowest BCUT2D eigenvalue weighted by Crippen LogP contribution is -2.27. The van der Waals surface area contributed by atoms with Gasteiger partial charge in [0.15, 0.2) is 18.2 Å². The van der Waals surface area contributed by atoms with E-state index < -0.39 is 17.6 Å². The Balaban J connectivity index is 0.00000243. The van der Waals surface area contributed by atoms with Crippen molar-refractivity contribution >= 4 is 40.6 Å². The highest BCUT2D eigenvalue weighted by Gasteiger charge is 2.26. The maximum atomic E-state index is 13.5. The number of amides is 2. The first-order chi connectivity index (χ1) is 12.0. The molecule has 140 valence electrons. The zero-order valence-corrected chi connectivity index (χ0v) is 15.7. The molecule has 0 fully saturated rings. The highest BCUT2D eigenvalue weighted by Crippen LogP contribution is 2.36. The number of fused-ring (bicyclic) bond motifs is 1. The number of nitrogens with zero attached hydrogens (tertiary/aromatic N) is 1. The normalized spacial score (nSPS) is 13.5. The van der Waals surface area contributed by atoms with Crippen LogP contribution in [-0.2, 0) is 17.8 Å². The first-order valence-corrected chi connectivity index (χ1v) is 8.57. The lowest BCUT2D eigenvalue weighted by molar-refractivity contribution is -0.118. The maximum absolute atomic E-state index is 13.5. The molecule has 2 amide bonds. The van der Waals surface area contributed by atoms with Crippen LogP contribution in [0.25, 0.3) is 0 Å². The molecule has 1 aromatic carbocycles. The topological polar surface area (TPSA) is 84.7 Å². The van der Waals surface area contributed by atoms with E-state index in [1.54, 1.807) is 6.07 Å². The predicted molar refractivity (Wildman–Crippen MR) is 101 cm³/mol. The average molecular weight is 400 g/mol. The number of nitrogens with two attached hydrogens (primary N) is 1. The number of hydrogen-bond donors (Lipinski definition) is 2. The number of likely N-dealkylation sites (N-methyl/N-ethyl adjacent to an activating group) is 1. The first-order valence-electron chi connectivity index (χ1n) is 7.75. The fraction of sp³-hybridized carbons (Fsp3) is 0.294. The second-order valence-electron chi connectivity index (χ2n) is 5.83. The monoisotopic (exact) mass is 399 g/mol. The van der Waals surface area contributed by atoms with Crippen LogP contribution in [0, 0.1) is 5.82 Å². The van der Waals surface area contributed by atoms with E-state index in [4.69, 9.17) is 10.5 Å². The number of para-hydroxylation sites is 1. The number of thiophene rings is 1. The number of benzene rings is 1. The van der Waals surface area contributed by atoms with Gasteiger partial charge in [-0.1, -0.05) is 12.1 Å². The van der Waals surface area contributed by atoms with Crippen LogP contribution in [0.15, 0.2) is 24.3 Å². The van der Waals surface area contributed by atoms with Gasteiger partial charge >= 0.3 is 0 Å². The Morgan fingerprint density at radius 2 is 2.12 bits per heavy atom. The molecule has 0 saturated heterocycles. The minimum atomic E-state index is -0.563. The van der Waals surface area contributed by atoms with Crippen LogP contribution in [0.4, 0.5) is 9.39 Å². The maximum Gasteiger partial charge on any atom is 0.262 e. The van der Waals surface area contributed by atoms with Crippen molar-refractivity contribution in [2.45, 2.75) is 13.0 Å². The summed E-state index contributed by atoms with van der Waals surface area (Å²) >= 11 is 1.34. The molecule has 2 aromatic rings. The fourth-order valence-corrected chi connectivity index (χ4v) is 4.10. The predicted octanol–water partition coefficient (Wildman–Crippen LogP) is 2.41. The molecule has 9 heteroatoms. The number of anilines is 1. The first kappa shape index (κ1) is 20.2. The van der Waals surface area contributed by atoms with Crippen molar-refractivity contribution < 1.29 is 18.7 Å². The molecule has 26 heavy (non-hydrogen) atoms. The van der Waals surface area contributed by atoms with E-state index >= 15 is 0 Å². The van der Waals surface area contributed by atoms with Gasteiger partial charge in [-0.3, -0.25) is 9.59 Å². The molecule has 2 heterocycles.